The van der Waals surface area contributed by atoms with Gasteiger partial charge < -0.3 is 10.2 Å². The van der Waals surface area contributed by atoms with E-state index in [1.165, 1.54) is 11.9 Å². The number of rotatable bonds is 4. The number of halogens is 3. The van der Waals surface area contributed by atoms with Crippen LogP contribution in [0.25, 0.3) is 0 Å². The molecule has 1 atom stereocenters. The van der Waals surface area contributed by atoms with Crippen LogP contribution in [0.4, 0.5) is 13.2 Å². The van der Waals surface area contributed by atoms with Crippen LogP contribution in [0, 0.1) is 5.41 Å². The number of nitrogens with one attached hydrogen (secondary N) is 1. The number of thiophene rings is 1. The second-order valence-electron chi connectivity index (χ2n) is 5.06. The van der Waals surface area contributed by atoms with E-state index in [9.17, 15) is 18.0 Å². The molecule has 20 heavy (non-hydrogen) atoms. The predicted octanol–water partition coefficient (Wildman–Crippen LogP) is 2.29. The van der Waals surface area contributed by atoms with Gasteiger partial charge in [0.05, 0.1) is 0 Å². The highest BCUT2D eigenvalue weighted by atomic mass is 32.1. The highest BCUT2D eigenvalue weighted by Gasteiger charge is 2.62. The number of carbonyl (C=O) groups is 1. The minimum absolute atomic E-state index is 0.182. The summed E-state index contributed by atoms with van der Waals surface area (Å²) in [7, 11) is 1.45. The molecular formula is C13H17F3N2OS. The van der Waals surface area contributed by atoms with Gasteiger partial charge in [0, 0.05) is 25.0 Å². The number of hydrogen-bond acceptors (Lipinski definition) is 3. The van der Waals surface area contributed by atoms with Gasteiger partial charge in [0.2, 0.25) is 5.91 Å². The van der Waals surface area contributed by atoms with Crippen molar-refractivity contribution in [1.29, 1.82) is 0 Å². The fourth-order valence-electron chi connectivity index (χ4n) is 2.44. The van der Waals surface area contributed by atoms with Crippen molar-refractivity contribution in [1.82, 2.24) is 10.2 Å². The summed E-state index contributed by atoms with van der Waals surface area (Å²) in [4.78, 5) is 14.5. The largest absolute Gasteiger partial charge is 0.404 e. The van der Waals surface area contributed by atoms with E-state index in [4.69, 9.17) is 0 Å². The van der Waals surface area contributed by atoms with Gasteiger partial charge in [-0.3, -0.25) is 4.79 Å². The summed E-state index contributed by atoms with van der Waals surface area (Å²) in [5.74, 6) is -0.827. The quantitative estimate of drug-likeness (QED) is 0.926. The van der Waals surface area contributed by atoms with E-state index in [0.717, 1.165) is 4.88 Å². The number of likely N-dealkylation sites (N-methyl/N-ethyl adjacent to an activating group) is 1. The van der Waals surface area contributed by atoms with Gasteiger partial charge in [0.1, 0.15) is 0 Å². The second kappa shape index (κ2) is 5.73. The van der Waals surface area contributed by atoms with Crippen LogP contribution < -0.4 is 5.32 Å². The van der Waals surface area contributed by atoms with Gasteiger partial charge in [-0.15, -0.1) is 11.3 Å². The summed E-state index contributed by atoms with van der Waals surface area (Å²) in [6, 6.07) is 3.81. The van der Waals surface area contributed by atoms with Crippen LogP contribution in [0.3, 0.4) is 0 Å². The average molecular weight is 306 g/mol. The van der Waals surface area contributed by atoms with Gasteiger partial charge >= 0.3 is 6.18 Å². The molecule has 1 aliphatic rings. The summed E-state index contributed by atoms with van der Waals surface area (Å²) in [6.07, 6.45) is -4.11. The topological polar surface area (TPSA) is 32.3 Å². The lowest BCUT2D eigenvalue weighted by Crippen LogP contribution is -2.52. The number of carbonyl (C=O) groups excluding carboxylic acids is 1. The first kappa shape index (κ1) is 15.3. The van der Waals surface area contributed by atoms with Gasteiger partial charge in [-0.25, -0.2) is 0 Å². The fourth-order valence-corrected chi connectivity index (χ4v) is 3.14. The van der Waals surface area contributed by atoms with E-state index in [1.54, 1.807) is 11.3 Å². The maximum atomic E-state index is 13.3. The molecule has 0 saturated carbocycles. The van der Waals surface area contributed by atoms with Crippen LogP contribution in [-0.4, -0.2) is 43.7 Å². The summed E-state index contributed by atoms with van der Waals surface area (Å²) in [6.45, 7) is 0.208. The van der Waals surface area contributed by atoms with E-state index in [2.05, 4.69) is 5.32 Å². The Hall–Kier alpha value is -1.08. The van der Waals surface area contributed by atoms with E-state index in [-0.39, 0.29) is 19.5 Å². The first-order chi connectivity index (χ1) is 9.37. The zero-order valence-electron chi connectivity index (χ0n) is 11.2. The fraction of sp³-hybridized carbons (Fsp3) is 0.615. The van der Waals surface area contributed by atoms with E-state index >= 15 is 0 Å². The molecule has 0 aliphatic carbocycles. The Bertz CT molecular complexity index is 453. The molecule has 1 saturated heterocycles. The van der Waals surface area contributed by atoms with Crippen LogP contribution in [0.15, 0.2) is 17.5 Å². The van der Waals surface area contributed by atoms with Crippen LogP contribution >= 0.6 is 11.3 Å². The van der Waals surface area contributed by atoms with Gasteiger partial charge in [0.25, 0.3) is 0 Å². The number of hydrogen-bond donors (Lipinski definition) is 1. The van der Waals surface area contributed by atoms with E-state index in [1.807, 2.05) is 17.5 Å². The third kappa shape index (κ3) is 2.83. The van der Waals surface area contributed by atoms with Crippen molar-refractivity contribution < 1.29 is 18.0 Å². The van der Waals surface area contributed by atoms with Crippen LogP contribution in [0.5, 0.6) is 0 Å². The molecular weight excluding hydrogens is 289 g/mol. The zero-order chi connectivity index (χ0) is 14.8. The van der Waals surface area contributed by atoms with Crippen molar-refractivity contribution in [3.05, 3.63) is 22.4 Å². The second-order valence-corrected chi connectivity index (χ2v) is 6.09. The standard InChI is InChI=1S/C13H17F3N2OS/c1-18(7-4-10-3-2-8-20-10)11(19)12(13(14,15)16)5-6-17-9-12/h2-3,8,17H,4-7,9H2,1H3. The van der Waals surface area contributed by atoms with Gasteiger partial charge in [-0.2, -0.15) is 13.2 Å². The molecule has 0 aromatic carbocycles. The number of nitrogens with zero attached hydrogens (tertiary/aromatic N) is 1. The Balaban J connectivity index is 2.04. The Morgan fingerprint density at radius 2 is 2.30 bits per heavy atom. The molecule has 0 radical (unpaired) electrons. The molecule has 1 aromatic rings. The van der Waals surface area contributed by atoms with Crippen LogP contribution in [-0.2, 0) is 11.2 Å². The molecule has 1 unspecified atom stereocenters. The molecule has 112 valence electrons. The highest BCUT2D eigenvalue weighted by Crippen LogP contribution is 2.44. The van der Waals surface area contributed by atoms with Crippen molar-refractivity contribution in [2.45, 2.75) is 19.0 Å². The first-order valence-electron chi connectivity index (χ1n) is 6.42. The minimum Gasteiger partial charge on any atom is -0.345 e. The Kier molecular flexibility index (Phi) is 4.39. The number of alkyl halides is 3. The maximum Gasteiger partial charge on any atom is 0.404 e. The third-order valence-corrected chi connectivity index (χ3v) is 4.66. The Labute approximate surface area is 119 Å². The molecule has 1 aromatic heterocycles. The normalized spacial score (nSPS) is 23.0. The molecule has 0 spiro atoms. The molecule has 1 amide bonds. The summed E-state index contributed by atoms with van der Waals surface area (Å²) in [5.41, 5.74) is -2.25. The third-order valence-electron chi connectivity index (χ3n) is 3.73. The van der Waals surface area contributed by atoms with Crippen LogP contribution in [0.2, 0.25) is 0 Å². The summed E-state index contributed by atoms with van der Waals surface area (Å²) >= 11 is 1.54. The lowest BCUT2D eigenvalue weighted by molar-refractivity contribution is -0.221. The predicted molar refractivity (Wildman–Crippen MR) is 71.6 cm³/mol. The molecule has 1 fully saturated rings. The van der Waals surface area contributed by atoms with Crippen molar-refractivity contribution in [2.75, 3.05) is 26.7 Å². The molecule has 7 heteroatoms. The van der Waals surface area contributed by atoms with Crippen molar-refractivity contribution in [3.8, 4) is 0 Å². The molecule has 1 aliphatic heterocycles. The lowest BCUT2D eigenvalue weighted by Gasteiger charge is -2.33. The van der Waals surface area contributed by atoms with Crippen molar-refractivity contribution in [2.24, 2.45) is 5.41 Å². The van der Waals surface area contributed by atoms with E-state index < -0.39 is 17.5 Å². The molecule has 2 rings (SSSR count). The van der Waals surface area contributed by atoms with Crippen molar-refractivity contribution >= 4 is 17.2 Å². The lowest BCUT2D eigenvalue weighted by atomic mass is 9.84. The average Bonchev–Trinajstić information content (AvgIpc) is 3.05. The van der Waals surface area contributed by atoms with E-state index in [0.29, 0.717) is 13.0 Å². The summed E-state index contributed by atoms with van der Waals surface area (Å²) < 4.78 is 39.8. The molecule has 1 N–H and O–H groups in total. The summed E-state index contributed by atoms with van der Waals surface area (Å²) in [5, 5.41) is 4.57. The Morgan fingerprint density at radius 3 is 2.80 bits per heavy atom. The van der Waals surface area contributed by atoms with Gasteiger partial charge in [-0.05, 0) is 30.8 Å². The molecule has 2 heterocycles. The molecule has 0 bridgehead atoms. The maximum absolute atomic E-state index is 13.3. The number of amides is 1. The zero-order valence-corrected chi connectivity index (χ0v) is 12.0. The SMILES string of the molecule is CN(CCc1cccs1)C(=O)C1(C(F)(F)F)CCNC1. The van der Waals surface area contributed by atoms with Crippen molar-refractivity contribution in [3.63, 3.8) is 0 Å². The smallest absolute Gasteiger partial charge is 0.345 e. The monoisotopic (exact) mass is 306 g/mol. The first-order valence-corrected chi connectivity index (χ1v) is 7.30. The minimum atomic E-state index is -4.51. The van der Waals surface area contributed by atoms with Crippen LogP contribution in [0.1, 0.15) is 11.3 Å². The molecule has 3 nitrogen and oxygen atoms in total. The van der Waals surface area contributed by atoms with Gasteiger partial charge in [-0.1, -0.05) is 6.07 Å². The Morgan fingerprint density at radius 1 is 1.55 bits per heavy atom. The highest BCUT2D eigenvalue weighted by molar-refractivity contribution is 7.09. The van der Waals surface area contributed by atoms with Gasteiger partial charge in [0.15, 0.2) is 5.41 Å².